The zero-order chi connectivity index (χ0) is 19.3. The highest BCUT2D eigenvalue weighted by Crippen LogP contribution is 2.17. The van der Waals surface area contributed by atoms with E-state index < -0.39 is 0 Å². The van der Waals surface area contributed by atoms with E-state index in [4.69, 9.17) is 18.9 Å². The Morgan fingerprint density at radius 2 is 2.04 bits per heavy atom. The molecule has 1 aromatic heterocycles. The number of nitrogens with one attached hydrogen (secondary N) is 2. The van der Waals surface area contributed by atoms with Gasteiger partial charge in [-0.25, -0.2) is 4.99 Å². The topological polar surface area (TPSA) is 68.0 Å². The summed E-state index contributed by atoms with van der Waals surface area (Å²) in [4.78, 5) is 4.71. The number of hydrogen-bond acceptors (Lipinski definition) is 4. The summed E-state index contributed by atoms with van der Waals surface area (Å²) >= 11 is 0. The molecule has 0 atom stereocenters. The van der Waals surface area contributed by atoms with Gasteiger partial charge in [-0.2, -0.15) is 0 Å². The average Bonchev–Trinajstić information content (AvgIpc) is 3.18. The van der Waals surface area contributed by atoms with Crippen LogP contribution in [-0.4, -0.2) is 39.4 Å². The summed E-state index contributed by atoms with van der Waals surface area (Å²) in [5.41, 5.74) is 2.28. The highest BCUT2D eigenvalue weighted by molar-refractivity contribution is 5.79. The minimum atomic E-state index is 0.583. The van der Waals surface area contributed by atoms with Gasteiger partial charge in [0.1, 0.15) is 11.5 Å². The Labute approximate surface area is 162 Å². The van der Waals surface area contributed by atoms with E-state index in [0.717, 1.165) is 67.7 Å². The summed E-state index contributed by atoms with van der Waals surface area (Å²) in [6, 6.07) is 10.0. The first-order valence-corrected chi connectivity index (χ1v) is 9.48. The van der Waals surface area contributed by atoms with Gasteiger partial charge in [-0.1, -0.05) is 6.07 Å². The van der Waals surface area contributed by atoms with Crippen LogP contribution in [0.1, 0.15) is 30.2 Å². The summed E-state index contributed by atoms with van der Waals surface area (Å²) in [6.07, 6.45) is 3.44. The molecule has 148 valence electrons. The lowest BCUT2D eigenvalue weighted by Crippen LogP contribution is -2.39. The first kappa shape index (κ1) is 20.8. The summed E-state index contributed by atoms with van der Waals surface area (Å²) in [7, 11) is 1.68. The quantitative estimate of drug-likeness (QED) is 0.359. The zero-order valence-electron chi connectivity index (χ0n) is 16.6. The molecular formula is C21H31N3O3. The van der Waals surface area contributed by atoms with Crippen molar-refractivity contribution >= 4 is 5.96 Å². The van der Waals surface area contributed by atoms with E-state index in [-0.39, 0.29) is 0 Å². The van der Waals surface area contributed by atoms with Gasteiger partial charge in [-0.3, -0.25) is 0 Å². The fraction of sp³-hybridized carbons (Fsp3) is 0.476. The highest BCUT2D eigenvalue weighted by atomic mass is 16.5. The monoisotopic (exact) mass is 373 g/mol. The lowest BCUT2D eigenvalue weighted by molar-refractivity contribution is 0.145. The Kier molecular flexibility index (Phi) is 9.27. The van der Waals surface area contributed by atoms with Crippen molar-refractivity contribution in [3.05, 3.63) is 53.5 Å². The minimum Gasteiger partial charge on any atom is -0.497 e. The third-order valence-corrected chi connectivity index (χ3v) is 3.97. The number of aryl methyl sites for hydroxylation is 1. The number of benzene rings is 1. The van der Waals surface area contributed by atoms with E-state index in [1.807, 2.05) is 31.2 Å². The zero-order valence-corrected chi connectivity index (χ0v) is 16.6. The van der Waals surface area contributed by atoms with Crippen LogP contribution in [0.15, 0.2) is 46.0 Å². The maximum atomic E-state index is 5.39. The average molecular weight is 373 g/mol. The van der Waals surface area contributed by atoms with Gasteiger partial charge in [0.25, 0.3) is 0 Å². The molecule has 6 heteroatoms. The number of aliphatic imine (C=N–C) groups is 1. The van der Waals surface area contributed by atoms with Crippen LogP contribution in [0.3, 0.4) is 0 Å². The van der Waals surface area contributed by atoms with Crippen LogP contribution in [0.4, 0.5) is 0 Å². The van der Waals surface area contributed by atoms with Gasteiger partial charge in [0.15, 0.2) is 5.96 Å². The molecule has 0 radical (unpaired) electrons. The van der Waals surface area contributed by atoms with E-state index in [1.165, 1.54) is 0 Å². The maximum Gasteiger partial charge on any atom is 0.191 e. The molecule has 0 bridgehead atoms. The Balaban J connectivity index is 1.91. The molecule has 0 fully saturated rings. The van der Waals surface area contributed by atoms with Gasteiger partial charge in [0, 0.05) is 32.7 Å². The Bertz CT molecular complexity index is 684. The smallest absolute Gasteiger partial charge is 0.191 e. The SMILES string of the molecule is CCOCCCNC(=NCc1cc(C)cc(OC)c1)NCCc1ccco1. The second-order valence-electron chi connectivity index (χ2n) is 6.26. The molecule has 0 unspecified atom stereocenters. The summed E-state index contributed by atoms with van der Waals surface area (Å²) < 4.78 is 16.1. The van der Waals surface area contributed by atoms with E-state index in [1.54, 1.807) is 13.4 Å². The Hall–Kier alpha value is -2.47. The number of methoxy groups -OCH3 is 1. The summed E-state index contributed by atoms with van der Waals surface area (Å²) in [5.74, 6) is 2.61. The van der Waals surface area contributed by atoms with Crippen LogP contribution < -0.4 is 15.4 Å². The second-order valence-corrected chi connectivity index (χ2v) is 6.26. The summed E-state index contributed by atoms with van der Waals surface area (Å²) in [5, 5.41) is 6.74. The molecule has 0 saturated carbocycles. The molecule has 0 amide bonds. The first-order valence-electron chi connectivity index (χ1n) is 9.48. The van der Waals surface area contributed by atoms with Gasteiger partial charge >= 0.3 is 0 Å². The number of hydrogen-bond donors (Lipinski definition) is 2. The van der Waals surface area contributed by atoms with Crippen LogP contribution in [0.5, 0.6) is 5.75 Å². The third-order valence-electron chi connectivity index (χ3n) is 3.97. The standard InChI is InChI=1S/C21H31N3O3/c1-4-26-11-6-9-22-21(23-10-8-19-7-5-12-27-19)24-16-18-13-17(2)14-20(15-18)25-3/h5,7,12-15H,4,6,8-11,16H2,1-3H3,(H2,22,23,24). The van der Waals surface area contributed by atoms with Crippen molar-refractivity contribution in [2.45, 2.75) is 33.2 Å². The lowest BCUT2D eigenvalue weighted by atomic mass is 10.1. The van der Waals surface area contributed by atoms with Crippen LogP contribution in [0, 0.1) is 6.92 Å². The molecule has 2 rings (SSSR count). The van der Waals surface area contributed by atoms with Crippen LogP contribution in [0.25, 0.3) is 0 Å². The number of nitrogens with zero attached hydrogens (tertiary/aromatic N) is 1. The highest BCUT2D eigenvalue weighted by Gasteiger charge is 2.02. The lowest BCUT2D eigenvalue weighted by Gasteiger charge is -2.13. The summed E-state index contributed by atoms with van der Waals surface area (Å²) in [6.45, 7) is 7.71. The van der Waals surface area contributed by atoms with Crippen molar-refractivity contribution in [3.63, 3.8) is 0 Å². The normalized spacial score (nSPS) is 11.4. The second kappa shape index (κ2) is 12.0. The predicted molar refractivity (Wildman–Crippen MR) is 108 cm³/mol. The van der Waals surface area contributed by atoms with Gasteiger partial charge in [0.05, 0.1) is 19.9 Å². The molecule has 0 aliphatic heterocycles. The Morgan fingerprint density at radius 1 is 1.19 bits per heavy atom. The molecule has 2 aromatic rings. The van der Waals surface area contributed by atoms with Crippen LogP contribution in [0.2, 0.25) is 0 Å². The molecule has 6 nitrogen and oxygen atoms in total. The fourth-order valence-electron chi connectivity index (χ4n) is 2.66. The first-order chi connectivity index (χ1) is 13.2. The Morgan fingerprint density at radius 3 is 2.78 bits per heavy atom. The van der Waals surface area contributed by atoms with Crippen molar-refractivity contribution in [1.29, 1.82) is 0 Å². The molecule has 2 N–H and O–H groups in total. The van der Waals surface area contributed by atoms with Gasteiger partial charge < -0.3 is 24.5 Å². The molecule has 0 aliphatic rings. The number of ether oxygens (including phenoxy) is 2. The third kappa shape index (κ3) is 8.17. The molecule has 0 saturated heterocycles. The number of guanidine groups is 1. The molecular weight excluding hydrogens is 342 g/mol. The van der Waals surface area contributed by atoms with Crippen molar-refractivity contribution in [1.82, 2.24) is 10.6 Å². The number of furan rings is 1. The van der Waals surface area contributed by atoms with E-state index in [0.29, 0.717) is 6.54 Å². The van der Waals surface area contributed by atoms with E-state index in [9.17, 15) is 0 Å². The van der Waals surface area contributed by atoms with Crippen molar-refractivity contribution in [2.75, 3.05) is 33.4 Å². The molecule has 0 aliphatic carbocycles. The van der Waals surface area contributed by atoms with Gasteiger partial charge in [0.2, 0.25) is 0 Å². The molecule has 1 aromatic carbocycles. The fourth-order valence-corrected chi connectivity index (χ4v) is 2.66. The van der Waals surface area contributed by atoms with Gasteiger partial charge in [-0.15, -0.1) is 0 Å². The maximum absolute atomic E-state index is 5.39. The van der Waals surface area contributed by atoms with Crippen LogP contribution >= 0.6 is 0 Å². The minimum absolute atomic E-state index is 0.583. The molecule has 27 heavy (non-hydrogen) atoms. The van der Waals surface area contributed by atoms with Gasteiger partial charge in [-0.05, 0) is 55.7 Å². The molecule has 0 spiro atoms. The molecule has 1 heterocycles. The van der Waals surface area contributed by atoms with E-state index >= 15 is 0 Å². The van der Waals surface area contributed by atoms with Crippen molar-refractivity contribution in [3.8, 4) is 5.75 Å². The number of rotatable bonds is 11. The van der Waals surface area contributed by atoms with Crippen molar-refractivity contribution < 1.29 is 13.9 Å². The largest absolute Gasteiger partial charge is 0.497 e. The van der Waals surface area contributed by atoms with E-state index in [2.05, 4.69) is 23.6 Å². The van der Waals surface area contributed by atoms with Crippen LogP contribution in [-0.2, 0) is 17.7 Å². The predicted octanol–water partition coefficient (Wildman–Crippen LogP) is 3.30. The van der Waals surface area contributed by atoms with Crippen molar-refractivity contribution in [2.24, 2.45) is 4.99 Å².